The summed E-state index contributed by atoms with van der Waals surface area (Å²) in [6.07, 6.45) is 0. The topological polar surface area (TPSA) is 52.4 Å². The number of hydrogen-bond donors (Lipinski definition) is 0. The molecule has 0 saturated carbocycles. The smallest absolute Gasteiger partial charge is 0.283 e. The molecule has 0 aliphatic heterocycles. The average Bonchev–Trinajstić information content (AvgIpc) is 2.46. The van der Waals surface area contributed by atoms with Crippen molar-refractivity contribution in [1.29, 1.82) is 0 Å². The number of nitro groups is 1. The van der Waals surface area contributed by atoms with E-state index in [-0.39, 0.29) is 12.3 Å². The van der Waals surface area contributed by atoms with Crippen LogP contribution in [-0.2, 0) is 6.61 Å². The second-order valence-corrected chi connectivity index (χ2v) is 5.78. The third-order valence-electron chi connectivity index (χ3n) is 3.18. The molecule has 110 valence electrons. The summed E-state index contributed by atoms with van der Waals surface area (Å²) in [6.45, 7) is 4.49. The lowest BCUT2D eigenvalue weighted by Gasteiger charge is -2.14. The van der Waals surface area contributed by atoms with Crippen LogP contribution < -0.4 is 4.74 Å². The zero-order valence-electron chi connectivity index (χ0n) is 11.9. The van der Waals surface area contributed by atoms with E-state index in [0.29, 0.717) is 10.4 Å². The molecule has 0 atom stereocenters. The van der Waals surface area contributed by atoms with Gasteiger partial charge in [0.25, 0.3) is 5.69 Å². The molecule has 0 radical (unpaired) electrons. The molecule has 21 heavy (non-hydrogen) atoms. The Kier molecular flexibility index (Phi) is 4.96. The maximum absolute atomic E-state index is 10.9. The van der Waals surface area contributed by atoms with E-state index < -0.39 is 4.92 Å². The highest BCUT2D eigenvalue weighted by Gasteiger charge is 2.15. The first kappa shape index (κ1) is 15.5. The zero-order chi connectivity index (χ0) is 15.4. The SMILES string of the molecule is CC(C)c1ccccc1OCc1cccc([N+](=O)[O-])c1Br. The molecule has 0 amide bonds. The van der Waals surface area contributed by atoms with Gasteiger partial charge in [0.05, 0.1) is 4.92 Å². The normalized spacial score (nSPS) is 10.7. The van der Waals surface area contributed by atoms with E-state index in [1.165, 1.54) is 6.07 Å². The first-order valence-electron chi connectivity index (χ1n) is 6.64. The van der Waals surface area contributed by atoms with Crippen molar-refractivity contribution in [2.45, 2.75) is 26.4 Å². The van der Waals surface area contributed by atoms with Gasteiger partial charge in [-0.15, -0.1) is 0 Å². The summed E-state index contributed by atoms with van der Waals surface area (Å²) in [5.41, 5.74) is 1.93. The molecule has 0 bridgehead atoms. The molecule has 0 spiro atoms. The van der Waals surface area contributed by atoms with Crippen molar-refractivity contribution in [3.8, 4) is 5.75 Å². The molecule has 0 aromatic heterocycles. The second-order valence-electron chi connectivity index (χ2n) is 4.99. The predicted molar refractivity (Wildman–Crippen MR) is 85.7 cm³/mol. The van der Waals surface area contributed by atoms with Gasteiger partial charge in [-0.3, -0.25) is 10.1 Å². The number of benzene rings is 2. The van der Waals surface area contributed by atoms with Crippen molar-refractivity contribution in [2.24, 2.45) is 0 Å². The van der Waals surface area contributed by atoms with Crippen molar-refractivity contribution in [2.75, 3.05) is 0 Å². The number of halogens is 1. The van der Waals surface area contributed by atoms with Crippen molar-refractivity contribution >= 4 is 21.6 Å². The minimum atomic E-state index is -0.407. The lowest BCUT2D eigenvalue weighted by Crippen LogP contribution is -2.01. The Morgan fingerprint density at radius 3 is 2.57 bits per heavy atom. The van der Waals surface area contributed by atoms with Crippen LogP contribution in [0.25, 0.3) is 0 Å². The first-order chi connectivity index (χ1) is 10.0. The number of rotatable bonds is 5. The Morgan fingerprint density at radius 1 is 1.19 bits per heavy atom. The maximum atomic E-state index is 10.9. The summed E-state index contributed by atoms with van der Waals surface area (Å²) < 4.78 is 6.32. The van der Waals surface area contributed by atoms with Gasteiger partial charge in [0.1, 0.15) is 16.8 Å². The molecular weight excluding hydrogens is 334 g/mol. The highest BCUT2D eigenvalue weighted by atomic mass is 79.9. The van der Waals surface area contributed by atoms with Crippen LogP contribution in [0.1, 0.15) is 30.9 Å². The fourth-order valence-electron chi connectivity index (χ4n) is 2.06. The second kappa shape index (κ2) is 6.72. The van der Waals surface area contributed by atoms with Crippen molar-refractivity contribution in [1.82, 2.24) is 0 Å². The van der Waals surface area contributed by atoms with Crippen LogP contribution in [0.2, 0.25) is 0 Å². The van der Waals surface area contributed by atoms with Gasteiger partial charge in [0.2, 0.25) is 0 Å². The maximum Gasteiger partial charge on any atom is 0.283 e. The molecule has 2 aromatic carbocycles. The first-order valence-corrected chi connectivity index (χ1v) is 7.43. The van der Waals surface area contributed by atoms with Crippen LogP contribution in [-0.4, -0.2) is 4.92 Å². The van der Waals surface area contributed by atoms with Gasteiger partial charge in [-0.25, -0.2) is 0 Å². The molecule has 0 aliphatic carbocycles. The van der Waals surface area contributed by atoms with E-state index in [1.54, 1.807) is 6.07 Å². The molecule has 4 nitrogen and oxygen atoms in total. The Hall–Kier alpha value is -1.88. The fourth-order valence-corrected chi connectivity index (χ4v) is 2.59. The monoisotopic (exact) mass is 349 g/mol. The molecule has 0 saturated heterocycles. The van der Waals surface area contributed by atoms with Crippen LogP contribution >= 0.6 is 15.9 Å². The molecule has 0 heterocycles. The van der Waals surface area contributed by atoms with Crippen molar-refractivity contribution in [3.63, 3.8) is 0 Å². The summed E-state index contributed by atoms with van der Waals surface area (Å²) >= 11 is 3.28. The van der Waals surface area contributed by atoms with E-state index in [9.17, 15) is 10.1 Å². The minimum Gasteiger partial charge on any atom is -0.489 e. The summed E-state index contributed by atoms with van der Waals surface area (Å²) in [5.74, 6) is 1.17. The molecule has 2 aromatic rings. The summed E-state index contributed by atoms with van der Waals surface area (Å²) in [7, 11) is 0. The molecule has 0 fully saturated rings. The lowest BCUT2D eigenvalue weighted by atomic mass is 10.0. The van der Waals surface area contributed by atoms with Crippen LogP contribution in [0.3, 0.4) is 0 Å². The number of nitro benzene ring substituents is 1. The van der Waals surface area contributed by atoms with E-state index in [4.69, 9.17) is 4.74 Å². The number of nitrogens with zero attached hydrogens (tertiary/aromatic N) is 1. The average molecular weight is 350 g/mol. The quantitative estimate of drug-likeness (QED) is 0.559. The van der Waals surface area contributed by atoms with Gasteiger partial charge >= 0.3 is 0 Å². The van der Waals surface area contributed by atoms with Gasteiger partial charge in [0, 0.05) is 11.6 Å². The highest BCUT2D eigenvalue weighted by Crippen LogP contribution is 2.31. The van der Waals surface area contributed by atoms with Crippen LogP contribution in [0.5, 0.6) is 5.75 Å². The number of para-hydroxylation sites is 1. The minimum absolute atomic E-state index is 0.0493. The molecule has 0 unspecified atom stereocenters. The summed E-state index contributed by atoms with van der Waals surface area (Å²) in [5, 5.41) is 10.9. The molecular formula is C16H16BrNO3. The van der Waals surface area contributed by atoms with E-state index in [1.807, 2.05) is 30.3 Å². The molecule has 0 aliphatic rings. The largest absolute Gasteiger partial charge is 0.489 e. The Labute approximate surface area is 132 Å². The number of ether oxygens (including phenoxy) is 1. The van der Waals surface area contributed by atoms with Crippen LogP contribution in [0, 0.1) is 10.1 Å². The van der Waals surface area contributed by atoms with Gasteiger partial charge in [-0.05, 0) is 33.5 Å². The van der Waals surface area contributed by atoms with Crippen LogP contribution in [0.4, 0.5) is 5.69 Å². The van der Waals surface area contributed by atoms with E-state index in [2.05, 4.69) is 29.8 Å². The number of hydrogen-bond acceptors (Lipinski definition) is 3. The third kappa shape index (κ3) is 3.61. The Morgan fingerprint density at radius 2 is 1.90 bits per heavy atom. The van der Waals surface area contributed by atoms with Crippen molar-refractivity contribution < 1.29 is 9.66 Å². The van der Waals surface area contributed by atoms with E-state index in [0.717, 1.165) is 16.9 Å². The third-order valence-corrected chi connectivity index (χ3v) is 4.09. The van der Waals surface area contributed by atoms with Gasteiger partial charge < -0.3 is 4.74 Å². The fraction of sp³-hybridized carbons (Fsp3) is 0.250. The van der Waals surface area contributed by atoms with Crippen LogP contribution in [0.15, 0.2) is 46.9 Å². The zero-order valence-corrected chi connectivity index (χ0v) is 13.5. The molecule has 5 heteroatoms. The Balaban J connectivity index is 2.21. The standard InChI is InChI=1S/C16H16BrNO3/c1-11(2)13-7-3-4-9-15(13)21-10-12-6-5-8-14(16(12)17)18(19)20/h3-9,11H,10H2,1-2H3. The predicted octanol–water partition coefficient (Wildman–Crippen LogP) is 5.06. The molecule has 2 rings (SSSR count). The van der Waals surface area contributed by atoms with Gasteiger partial charge in [-0.2, -0.15) is 0 Å². The molecule has 0 N–H and O–H groups in total. The van der Waals surface area contributed by atoms with Gasteiger partial charge in [-0.1, -0.05) is 44.2 Å². The highest BCUT2D eigenvalue weighted by molar-refractivity contribution is 9.10. The summed E-state index contributed by atoms with van der Waals surface area (Å²) in [4.78, 5) is 10.5. The van der Waals surface area contributed by atoms with E-state index >= 15 is 0 Å². The Bertz CT molecular complexity index is 656. The van der Waals surface area contributed by atoms with Crippen molar-refractivity contribution in [3.05, 3.63) is 68.2 Å². The van der Waals surface area contributed by atoms with Gasteiger partial charge in [0.15, 0.2) is 0 Å². The lowest BCUT2D eigenvalue weighted by molar-refractivity contribution is -0.385. The summed E-state index contributed by atoms with van der Waals surface area (Å²) in [6, 6.07) is 12.8.